The number of hydrogen-bond acceptors (Lipinski definition) is 10. The summed E-state index contributed by atoms with van der Waals surface area (Å²) < 4.78 is 20.3. The number of nitrogens with zero attached hydrogens (tertiary/aromatic N) is 1. The van der Waals surface area contributed by atoms with E-state index < -0.39 is 37.0 Å². The van der Waals surface area contributed by atoms with E-state index >= 15 is 0 Å². The third-order valence-electron chi connectivity index (χ3n) is 7.64. The molecule has 14 heteroatoms. The number of nitrogens with one attached hydrogen (secondary N) is 1. The smallest absolute Gasteiger partial charge is 0.464 e. The standard InChI is InChI=1S/C34H32Cl2N2O9S/c1-19(47-34(43)45-13-11-39)46-33(42)27(15-20-4-3-5-24(14-20)48-2)37-31(40)29-26(35)16-23-18-38(10-8-25(23)30(29)36)32(41)22-7-6-21-9-12-44-28(21)17-22/h3-7,9,12,14,16-17,19,27,39H,8,10-11,13,15,18H2,1-2H3,(H,37,40)/t19?,27-/m0/s1. The molecule has 252 valence electrons. The summed E-state index contributed by atoms with van der Waals surface area (Å²) in [6, 6.07) is 14.9. The molecule has 48 heavy (non-hydrogen) atoms. The first-order valence-electron chi connectivity index (χ1n) is 14.9. The number of hydrogen-bond donors (Lipinski definition) is 2. The largest absolute Gasteiger partial charge is 0.511 e. The minimum absolute atomic E-state index is 0.0207. The van der Waals surface area contributed by atoms with E-state index in [1.807, 2.05) is 36.6 Å². The van der Waals surface area contributed by atoms with Gasteiger partial charge in [0.05, 0.1) is 28.5 Å². The topological polar surface area (TPSA) is 145 Å². The minimum atomic E-state index is -1.36. The fraction of sp³-hybridized carbons (Fsp3) is 0.294. The van der Waals surface area contributed by atoms with E-state index in [4.69, 9.17) is 42.2 Å². The lowest BCUT2D eigenvalue weighted by Crippen LogP contribution is -2.45. The van der Waals surface area contributed by atoms with Gasteiger partial charge in [0.15, 0.2) is 0 Å². The zero-order chi connectivity index (χ0) is 34.4. The molecule has 0 saturated carbocycles. The number of esters is 1. The monoisotopic (exact) mass is 714 g/mol. The van der Waals surface area contributed by atoms with Crippen LogP contribution >= 0.6 is 35.0 Å². The van der Waals surface area contributed by atoms with Crippen LogP contribution in [-0.4, -0.2) is 72.3 Å². The second kappa shape index (κ2) is 15.8. The van der Waals surface area contributed by atoms with Gasteiger partial charge >= 0.3 is 12.1 Å². The van der Waals surface area contributed by atoms with Crippen LogP contribution in [0.5, 0.6) is 0 Å². The Labute approximate surface area is 290 Å². The number of aliphatic hydroxyl groups excluding tert-OH is 1. The normalized spacial score (nSPS) is 13.7. The Morgan fingerprint density at radius 1 is 1.08 bits per heavy atom. The summed E-state index contributed by atoms with van der Waals surface area (Å²) in [4.78, 5) is 54.8. The highest BCUT2D eigenvalue weighted by Gasteiger charge is 2.31. The van der Waals surface area contributed by atoms with Gasteiger partial charge < -0.3 is 34.0 Å². The lowest BCUT2D eigenvalue weighted by Gasteiger charge is -2.30. The molecule has 5 rings (SSSR count). The van der Waals surface area contributed by atoms with Gasteiger partial charge in [0.25, 0.3) is 11.8 Å². The lowest BCUT2D eigenvalue weighted by atomic mass is 9.95. The van der Waals surface area contributed by atoms with Crippen molar-refractivity contribution in [2.45, 2.75) is 43.5 Å². The maximum absolute atomic E-state index is 13.7. The maximum atomic E-state index is 13.7. The molecule has 1 aromatic heterocycles. The predicted molar refractivity (Wildman–Crippen MR) is 179 cm³/mol. The van der Waals surface area contributed by atoms with E-state index in [2.05, 4.69) is 10.1 Å². The first-order valence-corrected chi connectivity index (χ1v) is 16.9. The van der Waals surface area contributed by atoms with Gasteiger partial charge in [-0.05, 0) is 65.8 Å². The first kappa shape index (κ1) is 35.1. The van der Waals surface area contributed by atoms with Crippen LogP contribution in [0.3, 0.4) is 0 Å². The van der Waals surface area contributed by atoms with Crippen LogP contribution in [0, 0.1) is 0 Å². The second-order valence-electron chi connectivity index (χ2n) is 10.9. The fourth-order valence-corrected chi connectivity index (χ4v) is 6.58. The number of benzene rings is 3. The summed E-state index contributed by atoms with van der Waals surface area (Å²) in [6.07, 6.45) is 1.40. The van der Waals surface area contributed by atoms with Crippen molar-refractivity contribution < 1.29 is 42.9 Å². The van der Waals surface area contributed by atoms with Crippen LogP contribution in [0.2, 0.25) is 10.0 Å². The molecule has 1 aliphatic rings. The highest BCUT2D eigenvalue weighted by atomic mass is 35.5. The molecule has 2 heterocycles. The van der Waals surface area contributed by atoms with Crippen molar-refractivity contribution in [3.05, 3.63) is 98.7 Å². The van der Waals surface area contributed by atoms with Gasteiger partial charge in [-0.3, -0.25) is 9.59 Å². The van der Waals surface area contributed by atoms with Gasteiger partial charge in [-0.1, -0.05) is 41.4 Å². The van der Waals surface area contributed by atoms with Crippen molar-refractivity contribution in [3.63, 3.8) is 0 Å². The summed E-state index contributed by atoms with van der Waals surface area (Å²) >= 11 is 15.0. The van der Waals surface area contributed by atoms with Crippen LogP contribution < -0.4 is 5.32 Å². The number of halogens is 2. The number of carbonyl (C=O) groups is 4. The van der Waals surface area contributed by atoms with Crippen LogP contribution in [0.1, 0.15) is 44.3 Å². The Kier molecular flexibility index (Phi) is 11.5. The molecule has 0 saturated heterocycles. The van der Waals surface area contributed by atoms with Crippen molar-refractivity contribution in [1.82, 2.24) is 10.2 Å². The molecule has 2 N–H and O–H groups in total. The molecule has 1 unspecified atom stereocenters. The van der Waals surface area contributed by atoms with Gasteiger partial charge in [-0.15, -0.1) is 11.8 Å². The number of aliphatic hydroxyl groups is 1. The number of carbonyl (C=O) groups excluding carboxylic acids is 4. The minimum Gasteiger partial charge on any atom is -0.464 e. The summed E-state index contributed by atoms with van der Waals surface area (Å²) in [6.45, 7) is 1.20. The highest BCUT2D eigenvalue weighted by molar-refractivity contribution is 7.98. The van der Waals surface area contributed by atoms with E-state index in [1.165, 1.54) is 18.7 Å². The summed E-state index contributed by atoms with van der Waals surface area (Å²) in [5.74, 6) is -1.77. The van der Waals surface area contributed by atoms with Crippen molar-refractivity contribution in [2.75, 3.05) is 26.0 Å². The van der Waals surface area contributed by atoms with E-state index in [9.17, 15) is 19.2 Å². The van der Waals surface area contributed by atoms with Crippen LogP contribution in [0.25, 0.3) is 11.0 Å². The van der Waals surface area contributed by atoms with E-state index in [1.54, 1.807) is 35.4 Å². The molecule has 2 atom stereocenters. The first-order chi connectivity index (χ1) is 23.1. The Morgan fingerprint density at radius 2 is 1.90 bits per heavy atom. The molecule has 0 radical (unpaired) electrons. The Hall–Kier alpha value is -4.23. The van der Waals surface area contributed by atoms with Crippen molar-refractivity contribution in [3.8, 4) is 0 Å². The molecule has 0 spiro atoms. The molecule has 0 bridgehead atoms. The van der Waals surface area contributed by atoms with E-state index in [0.29, 0.717) is 35.2 Å². The van der Waals surface area contributed by atoms with Gasteiger partial charge in [0.2, 0.25) is 6.29 Å². The van der Waals surface area contributed by atoms with Gasteiger partial charge in [0.1, 0.15) is 18.2 Å². The lowest BCUT2D eigenvalue weighted by molar-refractivity contribution is -0.170. The number of thioether (sulfide) groups is 1. The molecule has 2 amide bonds. The summed E-state index contributed by atoms with van der Waals surface area (Å²) in [5.41, 5.74) is 3.18. The number of rotatable bonds is 11. The molecule has 4 aromatic rings. The van der Waals surface area contributed by atoms with E-state index in [0.717, 1.165) is 15.8 Å². The average molecular weight is 716 g/mol. The average Bonchev–Trinajstić information content (AvgIpc) is 3.54. The molecule has 0 aliphatic carbocycles. The Balaban J connectivity index is 1.34. The number of ether oxygens (including phenoxy) is 3. The summed E-state index contributed by atoms with van der Waals surface area (Å²) in [7, 11) is 0. The zero-order valence-corrected chi connectivity index (χ0v) is 28.3. The van der Waals surface area contributed by atoms with Gasteiger partial charge in [-0.2, -0.15) is 0 Å². The van der Waals surface area contributed by atoms with Gasteiger partial charge in [-0.25, -0.2) is 9.59 Å². The third-order valence-corrected chi connectivity index (χ3v) is 9.08. The van der Waals surface area contributed by atoms with Crippen LogP contribution in [0.15, 0.2) is 70.2 Å². The molecular formula is C34H32Cl2N2O9S. The van der Waals surface area contributed by atoms with Crippen LogP contribution in [-0.2, 0) is 38.4 Å². The molecule has 1 aliphatic heterocycles. The highest BCUT2D eigenvalue weighted by Crippen LogP contribution is 2.35. The quantitative estimate of drug-likeness (QED) is 0.107. The molecular weight excluding hydrogens is 683 g/mol. The molecule has 0 fully saturated rings. The number of fused-ring (bicyclic) bond motifs is 2. The van der Waals surface area contributed by atoms with Crippen molar-refractivity contribution in [1.29, 1.82) is 0 Å². The van der Waals surface area contributed by atoms with Crippen molar-refractivity contribution >= 4 is 69.9 Å². The molecule has 11 nitrogen and oxygen atoms in total. The fourth-order valence-electron chi connectivity index (χ4n) is 5.33. The summed E-state index contributed by atoms with van der Waals surface area (Å²) in [5, 5.41) is 12.6. The maximum Gasteiger partial charge on any atom is 0.511 e. The number of furan rings is 1. The predicted octanol–water partition coefficient (Wildman–Crippen LogP) is 6.04. The van der Waals surface area contributed by atoms with Crippen LogP contribution in [0.4, 0.5) is 4.79 Å². The van der Waals surface area contributed by atoms with Gasteiger partial charge in [0, 0.05) is 42.3 Å². The molecule has 3 aromatic carbocycles. The second-order valence-corrected chi connectivity index (χ2v) is 12.5. The van der Waals surface area contributed by atoms with E-state index in [-0.39, 0.29) is 41.1 Å². The number of amides is 2. The zero-order valence-electron chi connectivity index (χ0n) is 26.0. The third kappa shape index (κ3) is 8.24. The Bertz CT molecular complexity index is 1850. The van der Waals surface area contributed by atoms with Crippen molar-refractivity contribution in [2.24, 2.45) is 0 Å². The Morgan fingerprint density at radius 3 is 2.67 bits per heavy atom. The SMILES string of the molecule is CSc1cccc(C[C@H](NC(=O)c2c(Cl)cc3c(c2Cl)CCN(C(=O)c2ccc4ccoc4c2)C3)C(=O)OC(C)OC(=O)OCCO)c1.